The molecule has 2 atom stereocenters. The van der Waals surface area contributed by atoms with Crippen LogP contribution in [-0.4, -0.2) is 29.9 Å². The Hall–Kier alpha value is -1.13. The Kier molecular flexibility index (Phi) is 1.23. The summed E-state index contributed by atoms with van der Waals surface area (Å²) in [5.74, 6) is -1.30. The van der Waals surface area contributed by atoms with Crippen LogP contribution in [0.3, 0.4) is 0 Å². The Labute approximate surface area is 69.1 Å². The monoisotopic (exact) mass is 168 g/mol. The largest absolute Gasteiger partial charge is 0.495 e. The lowest BCUT2D eigenvalue weighted by atomic mass is 9.98. The van der Waals surface area contributed by atoms with Crippen LogP contribution in [0.4, 0.5) is 0 Å². The normalized spacial score (nSPS) is 43.0. The highest BCUT2D eigenvalue weighted by Gasteiger charge is 2.73. The van der Waals surface area contributed by atoms with Crippen molar-refractivity contribution in [2.45, 2.75) is 11.4 Å². The molecule has 1 aliphatic heterocycles. The molecule has 0 saturated carbocycles. The Balaban J connectivity index is 2.39. The van der Waals surface area contributed by atoms with Crippen molar-refractivity contribution < 1.29 is 19.4 Å². The maximum atomic E-state index is 10.6. The Morgan fingerprint density at radius 3 is 3.08 bits per heavy atom. The van der Waals surface area contributed by atoms with Gasteiger partial charge in [-0.15, -0.1) is 0 Å². The zero-order chi connectivity index (χ0) is 8.82. The van der Waals surface area contributed by atoms with Crippen molar-refractivity contribution in [3.05, 3.63) is 24.0 Å². The van der Waals surface area contributed by atoms with Crippen LogP contribution in [0.25, 0.3) is 0 Å². The second kappa shape index (κ2) is 1.97. The SMILES string of the molecule is COC1=CC=CC2(C=O)OC12O. The van der Waals surface area contributed by atoms with E-state index in [0.29, 0.717) is 6.29 Å². The number of aliphatic hydroxyl groups is 1. The highest BCUT2D eigenvalue weighted by Crippen LogP contribution is 2.52. The number of carbonyl (C=O) groups is 1. The van der Waals surface area contributed by atoms with Crippen LogP contribution in [0.2, 0.25) is 0 Å². The van der Waals surface area contributed by atoms with Gasteiger partial charge in [0.15, 0.2) is 12.0 Å². The maximum Gasteiger partial charge on any atom is 0.267 e. The molecule has 2 unspecified atom stereocenters. The van der Waals surface area contributed by atoms with Gasteiger partial charge in [0, 0.05) is 0 Å². The molecule has 0 bridgehead atoms. The summed E-state index contributed by atoms with van der Waals surface area (Å²) >= 11 is 0. The molecule has 4 nitrogen and oxygen atoms in total. The fourth-order valence-corrected chi connectivity index (χ4v) is 1.35. The Morgan fingerprint density at radius 2 is 2.50 bits per heavy atom. The number of ether oxygens (including phenoxy) is 2. The average molecular weight is 168 g/mol. The number of fused-ring (bicyclic) bond motifs is 1. The number of rotatable bonds is 2. The number of methoxy groups -OCH3 is 1. The number of allylic oxidation sites excluding steroid dienone is 2. The first kappa shape index (κ1) is 7.52. The molecular weight excluding hydrogens is 160 g/mol. The molecule has 1 saturated heterocycles. The summed E-state index contributed by atoms with van der Waals surface area (Å²) in [7, 11) is 1.42. The number of epoxide rings is 1. The van der Waals surface area contributed by atoms with Gasteiger partial charge in [-0.1, -0.05) is 6.08 Å². The number of hydrogen-bond donors (Lipinski definition) is 1. The molecular formula is C8H8O4. The number of carbonyl (C=O) groups excluding carboxylic acids is 1. The fourth-order valence-electron chi connectivity index (χ4n) is 1.35. The third kappa shape index (κ3) is 0.616. The van der Waals surface area contributed by atoms with Crippen molar-refractivity contribution in [1.82, 2.24) is 0 Å². The second-order valence-corrected chi connectivity index (χ2v) is 2.75. The summed E-state index contributed by atoms with van der Waals surface area (Å²) in [6.45, 7) is 0. The molecule has 2 aliphatic rings. The van der Waals surface area contributed by atoms with Crippen LogP contribution in [0.15, 0.2) is 24.0 Å². The van der Waals surface area contributed by atoms with E-state index in [4.69, 9.17) is 9.47 Å². The van der Waals surface area contributed by atoms with Crippen molar-refractivity contribution in [3.63, 3.8) is 0 Å². The molecule has 0 aromatic heterocycles. The minimum Gasteiger partial charge on any atom is -0.495 e. The molecule has 0 amide bonds. The van der Waals surface area contributed by atoms with E-state index >= 15 is 0 Å². The molecule has 0 spiro atoms. The standard InChI is InChI=1S/C8H8O4/c1-11-6-3-2-4-7(5-9)8(6,10)12-7/h2-5,10H,1H3. The van der Waals surface area contributed by atoms with Crippen molar-refractivity contribution in [2.24, 2.45) is 0 Å². The molecule has 1 heterocycles. The van der Waals surface area contributed by atoms with Gasteiger partial charge in [-0.05, 0) is 12.2 Å². The van der Waals surface area contributed by atoms with Crippen LogP contribution in [-0.2, 0) is 14.3 Å². The summed E-state index contributed by atoms with van der Waals surface area (Å²) in [5.41, 5.74) is -1.20. The van der Waals surface area contributed by atoms with Gasteiger partial charge >= 0.3 is 0 Å². The number of aldehydes is 1. The van der Waals surface area contributed by atoms with E-state index in [0.717, 1.165) is 0 Å². The Morgan fingerprint density at radius 1 is 1.75 bits per heavy atom. The van der Waals surface area contributed by atoms with Crippen molar-refractivity contribution in [3.8, 4) is 0 Å². The highest BCUT2D eigenvalue weighted by atomic mass is 16.8. The summed E-state index contributed by atoms with van der Waals surface area (Å²) in [5, 5.41) is 9.66. The van der Waals surface area contributed by atoms with Gasteiger partial charge in [-0.2, -0.15) is 0 Å². The van der Waals surface area contributed by atoms with Crippen LogP contribution in [0, 0.1) is 0 Å². The summed E-state index contributed by atoms with van der Waals surface area (Å²) in [6, 6.07) is 0. The summed E-state index contributed by atoms with van der Waals surface area (Å²) < 4.78 is 9.76. The van der Waals surface area contributed by atoms with E-state index in [1.807, 2.05) is 0 Å². The molecule has 0 aromatic rings. The van der Waals surface area contributed by atoms with Gasteiger partial charge in [0.25, 0.3) is 5.79 Å². The molecule has 1 fully saturated rings. The molecule has 64 valence electrons. The van der Waals surface area contributed by atoms with Gasteiger partial charge in [0.05, 0.1) is 7.11 Å². The quantitative estimate of drug-likeness (QED) is 0.456. The fraction of sp³-hybridized carbons (Fsp3) is 0.375. The topological polar surface area (TPSA) is 59.1 Å². The zero-order valence-electron chi connectivity index (χ0n) is 6.48. The first-order valence-electron chi connectivity index (χ1n) is 3.51. The zero-order valence-corrected chi connectivity index (χ0v) is 6.48. The maximum absolute atomic E-state index is 10.6. The van der Waals surface area contributed by atoms with Crippen LogP contribution in [0.1, 0.15) is 0 Å². The third-order valence-electron chi connectivity index (χ3n) is 2.12. The van der Waals surface area contributed by atoms with E-state index in [1.165, 1.54) is 13.2 Å². The second-order valence-electron chi connectivity index (χ2n) is 2.75. The van der Waals surface area contributed by atoms with Crippen molar-refractivity contribution in [2.75, 3.05) is 7.11 Å². The third-order valence-corrected chi connectivity index (χ3v) is 2.12. The Bertz CT molecular complexity index is 293. The van der Waals surface area contributed by atoms with E-state index in [1.54, 1.807) is 12.2 Å². The molecule has 4 heteroatoms. The molecule has 1 aliphatic carbocycles. The first-order chi connectivity index (χ1) is 5.68. The molecule has 2 rings (SSSR count). The van der Waals surface area contributed by atoms with E-state index in [-0.39, 0.29) is 5.76 Å². The van der Waals surface area contributed by atoms with E-state index in [9.17, 15) is 9.90 Å². The molecule has 1 N–H and O–H groups in total. The predicted molar refractivity (Wildman–Crippen MR) is 39.1 cm³/mol. The van der Waals surface area contributed by atoms with Crippen molar-refractivity contribution in [1.29, 1.82) is 0 Å². The van der Waals surface area contributed by atoms with Crippen LogP contribution < -0.4 is 0 Å². The van der Waals surface area contributed by atoms with E-state index < -0.39 is 11.4 Å². The molecule has 0 radical (unpaired) electrons. The van der Waals surface area contributed by atoms with Gasteiger partial charge in [0.1, 0.15) is 0 Å². The minimum atomic E-state index is -1.56. The number of hydrogen-bond acceptors (Lipinski definition) is 4. The predicted octanol–water partition coefficient (Wildman–Crippen LogP) is -0.257. The van der Waals surface area contributed by atoms with Gasteiger partial charge in [-0.25, -0.2) is 0 Å². The lowest BCUT2D eigenvalue weighted by Gasteiger charge is -2.13. The first-order valence-corrected chi connectivity index (χ1v) is 3.51. The average Bonchev–Trinajstić information content (AvgIpc) is 2.71. The lowest BCUT2D eigenvalue weighted by molar-refractivity contribution is -0.111. The minimum absolute atomic E-state index is 0.261. The lowest BCUT2D eigenvalue weighted by Crippen LogP contribution is -2.30. The van der Waals surface area contributed by atoms with Gasteiger partial charge < -0.3 is 14.6 Å². The summed E-state index contributed by atoms with van der Waals surface area (Å²) in [4.78, 5) is 10.6. The molecule has 12 heavy (non-hydrogen) atoms. The van der Waals surface area contributed by atoms with E-state index in [2.05, 4.69) is 0 Å². The van der Waals surface area contributed by atoms with Gasteiger partial charge in [0.2, 0.25) is 5.60 Å². The highest BCUT2D eigenvalue weighted by molar-refractivity contribution is 5.76. The summed E-state index contributed by atoms with van der Waals surface area (Å²) in [6.07, 6.45) is 5.25. The van der Waals surface area contributed by atoms with Crippen LogP contribution >= 0.6 is 0 Å². The van der Waals surface area contributed by atoms with Crippen molar-refractivity contribution >= 4 is 6.29 Å². The molecule has 0 aromatic carbocycles. The smallest absolute Gasteiger partial charge is 0.267 e. The van der Waals surface area contributed by atoms with Crippen LogP contribution in [0.5, 0.6) is 0 Å². The van der Waals surface area contributed by atoms with Gasteiger partial charge in [-0.3, -0.25) is 4.79 Å².